The molecule has 0 aliphatic rings. The molecule has 0 bridgehead atoms. The topological polar surface area (TPSA) is 69.6 Å². The van der Waals surface area contributed by atoms with Crippen LogP contribution in [0.15, 0.2) is 15.9 Å². The third-order valence-electron chi connectivity index (χ3n) is 2.66. The fourth-order valence-electron chi connectivity index (χ4n) is 1.58. The minimum absolute atomic E-state index is 0.109. The van der Waals surface area contributed by atoms with Crippen LogP contribution in [0.3, 0.4) is 0 Å². The highest BCUT2D eigenvalue weighted by atomic mass is 79.9. The Balaban J connectivity index is 2.63. The molecule has 5 nitrogen and oxygen atoms in total. The summed E-state index contributed by atoms with van der Waals surface area (Å²) in [6.07, 6.45) is 0. The van der Waals surface area contributed by atoms with Gasteiger partial charge in [0.05, 0.1) is 0 Å². The van der Waals surface area contributed by atoms with E-state index in [1.54, 1.807) is 18.3 Å². The lowest BCUT2D eigenvalue weighted by Gasteiger charge is -2.25. The summed E-state index contributed by atoms with van der Waals surface area (Å²) in [6.45, 7) is 4.60. The monoisotopic (exact) mass is 348 g/mol. The second-order valence-corrected chi connectivity index (χ2v) is 6.11. The van der Waals surface area contributed by atoms with Crippen LogP contribution in [0.5, 0.6) is 0 Å². The number of aliphatic carboxylic acids is 1. The third kappa shape index (κ3) is 5.71. The maximum atomic E-state index is 11.1. The van der Waals surface area contributed by atoms with E-state index in [-0.39, 0.29) is 5.91 Å². The van der Waals surface area contributed by atoms with Crippen molar-refractivity contribution in [3.63, 3.8) is 0 Å². The van der Waals surface area contributed by atoms with E-state index in [2.05, 4.69) is 21.2 Å². The fourth-order valence-corrected chi connectivity index (χ4v) is 3.05. The van der Waals surface area contributed by atoms with Crippen molar-refractivity contribution in [3.8, 4) is 0 Å². The van der Waals surface area contributed by atoms with Gasteiger partial charge in [0.15, 0.2) is 0 Å². The van der Waals surface area contributed by atoms with Crippen LogP contribution < -0.4 is 5.32 Å². The molecule has 2 N–H and O–H groups in total. The van der Waals surface area contributed by atoms with Gasteiger partial charge < -0.3 is 10.4 Å². The standard InChI is InChI=1S/C12H17BrN2O3S/c1-8(12(17)18)15(4-3-14-9(2)16)6-11-5-10(13)7-19-11/h5,7-8H,3-4,6H2,1-2H3,(H,14,16)(H,17,18). The molecule has 19 heavy (non-hydrogen) atoms. The molecular weight excluding hydrogens is 332 g/mol. The molecule has 0 aromatic carbocycles. The van der Waals surface area contributed by atoms with Gasteiger partial charge in [0.1, 0.15) is 6.04 Å². The second-order valence-electron chi connectivity index (χ2n) is 4.20. The third-order valence-corrected chi connectivity index (χ3v) is 4.34. The summed E-state index contributed by atoms with van der Waals surface area (Å²) in [7, 11) is 0. The minimum atomic E-state index is -0.863. The van der Waals surface area contributed by atoms with Gasteiger partial charge in [-0.15, -0.1) is 11.3 Å². The van der Waals surface area contributed by atoms with Gasteiger partial charge in [-0.3, -0.25) is 14.5 Å². The van der Waals surface area contributed by atoms with Crippen LogP contribution >= 0.6 is 27.3 Å². The Morgan fingerprint density at radius 2 is 2.26 bits per heavy atom. The second kappa shape index (κ2) is 7.62. The van der Waals surface area contributed by atoms with Crippen molar-refractivity contribution in [2.45, 2.75) is 26.4 Å². The molecule has 7 heteroatoms. The average molecular weight is 349 g/mol. The highest BCUT2D eigenvalue weighted by Crippen LogP contribution is 2.21. The van der Waals surface area contributed by atoms with Gasteiger partial charge in [-0.25, -0.2) is 0 Å². The number of nitrogens with zero attached hydrogens (tertiary/aromatic N) is 1. The Morgan fingerprint density at radius 1 is 1.58 bits per heavy atom. The number of carboxylic acid groups (broad SMARTS) is 1. The molecule has 1 rings (SSSR count). The van der Waals surface area contributed by atoms with Crippen molar-refractivity contribution < 1.29 is 14.7 Å². The first-order chi connectivity index (χ1) is 8.90. The molecule has 1 aromatic rings. The molecule has 0 fully saturated rings. The van der Waals surface area contributed by atoms with Crippen LogP contribution in [0.2, 0.25) is 0 Å². The molecule has 1 heterocycles. The van der Waals surface area contributed by atoms with E-state index in [0.717, 1.165) is 9.35 Å². The van der Waals surface area contributed by atoms with E-state index in [9.17, 15) is 9.59 Å². The number of carbonyl (C=O) groups excluding carboxylic acids is 1. The number of hydrogen-bond acceptors (Lipinski definition) is 4. The molecule has 1 unspecified atom stereocenters. The predicted octanol–water partition coefficient (Wildman–Crippen LogP) is 1.92. The predicted molar refractivity (Wildman–Crippen MR) is 78.2 cm³/mol. The Morgan fingerprint density at radius 3 is 2.74 bits per heavy atom. The fraction of sp³-hybridized carbons (Fsp3) is 0.500. The lowest BCUT2D eigenvalue weighted by atomic mass is 10.2. The Labute approximate surface area is 124 Å². The molecule has 0 saturated heterocycles. The van der Waals surface area contributed by atoms with Gasteiger partial charge in [-0.2, -0.15) is 0 Å². The number of rotatable bonds is 7. The highest BCUT2D eigenvalue weighted by Gasteiger charge is 2.21. The number of halogens is 1. The van der Waals surface area contributed by atoms with Crippen LogP contribution in [0.1, 0.15) is 18.7 Å². The van der Waals surface area contributed by atoms with Gasteiger partial charge in [-0.05, 0) is 28.9 Å². The molecular formula is C12H17BrN2O3S. The largest absolute Gasteiger partial charge is 0.480 e. The molecule has 1 aromatic heterocycles. The summed E-state index contributed by atoms with van der Waals surface area (Å²) in [5, 5.41) is 13.8. The van der Waals surface area contributed by atoms with Gasteiger partial charge >= 0.3 is 5.97 Å². The van der Waals surface area contributed by atoms with Crippen molar-refractivity contribution in [3.05, 3.63) is 20.8 Å². The van der Waals surface area contributed by atoms with E-state index < -0.39 is 12.0 Å². The molecule has 0 radical (unpaired) electrons. The number of carboxylic acids is 1. The van der Waals surface area contributed by atoms with E-state index in [1.165, 1.54) is 6.92 Å². The number of carbonyl (C=O) groups is 2. The number of nitrogens with one attached hydrogen (secondary N) is 1. The number of amides is 1. The van der Waals surface area contributed by atoms with E-state index in [0.29, 0.717) is 19.6 Å². The van der Waals surface area contributed by atoms with Crippen LogP contribution in [0.25, 0.3) is 0 Å². The van der Waals surface area contributed by atoms with Crippen molar-refractivity contribution in [1.82, 2.24) is 10.2 Å². The Bertz CT molecular complexity index is 450. The van der Waals surface area contributed by atoms with Gasteiger partial charge in [0, 0.05) is 41.3 Å². The Hall–Kier alpha value is -0.920. The van der Waals surface area contributed by atoms with Gasteiger partial charge in [0.2, 0.25) is 5.91 Å². The van der Waals surface area contributed by atoms with Gasteiger partial charge in [0.25, 0.3) is 0 Å². The average Bonchev–Trinajstić information content (AvgIpc) is 2.72. The van der Waals surface area contributed by atoms with E-state index >= 15 is 0 Å². The lowest BCUT2D eigenvalue weighted by Crippen LogP contribution is -2.42. The first-order valence-corrected chi connectivity index (χ1v) is 7.51. The van der Waals surface area contributed by atoms with Crippen molar-refractivity contribution in [1.29, 1.82) is 0 Å². The summed E-state index contributed by atoms with van der Waals surface area (Å²) >= 11 is 4.96. The molecule has 106 valence electrons. The van der Waals surface area contributed by atoms with Crippen LogP contribution in [0.4, 0.5) is 0 Å². The smallest absolute Gasteiger partial charge is 0.320 e. The summed E-state index contributed by atoms with van der Waals surface area (Å²) in [5.74, 6) is -0.972. The summed E-state index contributed by atoms with van der Waals surface area (Å²) in [4.78, 5) is 24.9. The Kier molecular flexibility index (Phi) is 6.47. The first-order valence-electron chi connectivity index (χ1n) is 5.84. The molecule has 0 spiro atoms. The highest BCUT2D eigenvalue weighted by molar-refractivity contribution is 9.10. The maximum Gasteiger partial charge on any atom is 0.320 e. The van der Waals surface area contributed by atoms with E-state index in [1.807, 2.05) is 16.3 Å². The molecule has 0 saturated carbocycles. The summed E-state index contributed by atoms with van der Waals surface area (Å²) < 4.78 is 0.997. The van der Waals surface area contributed by atoms with Crippen molar-refractivity contribution in [2.24, 2.45) is 0 Å². The van der Waals surface area contributed by atoms with Gasteiger partial charge in [-0.1, -0.05) is 0 Å². The SMILES string of the molecule is CC(=O)NCCN(Cc1cc(Br)cs1)C(C)C(=O)O. The summed E-state index contributed by atoms with van der Waals surface area (Å²) in [5.41, 5.74) is 0. The zero-order valence-electron chi connectivity index (χ0n) is 10.9. The van der Waals surface area contributed by atoms with E-state index in [4.69, 9.17) is 5.11 Å². The maximum absolute atomic E-state index is 11.1. The zero-order valence-corrected chi connectivity index (χ0v) is 13.3. The van der Waals surface area contributed by atoms with Crippen molar-refractivity contribution >= 4 is 39.1 Å². The molecule has 0 aliphatic carbocycles. The van der Waals surface area contributed by atoms with Crippen LogP contribution in [-0.2, 0) is 16.1 Å². The first kappa shape index (κ1) is 16.1. The molecule has 1 amide bonds. The minimum Gasteiger partial charge on any atom is -0.480 e. The quantitative estimate of drug-likeness (QED) is 0.789. The molecule has 0 aliphatic heterocycles. The molecule has 1 atom stereocenters. The zero-order chi connectivity index (χ0) is 14.4. The number of hydrogen-bond donors (Lipinski definition) is 2. The van der Waals surface area contributed by atoms with Crippen LogP contribution in [-0.4, -0.2) is 41.0 Å². The van der Waals surface area contributed by atoms with Crippen LogP contribution in [0, 0.1) is 0 Å². The number of thiophene rings is 1. The normalized spacial score (nSPS) is 12.4. The lowest BCUT2D eigenvalue weighted by molar-refractivity contribution is -0.142. The summed E-state index contributed by atoms with van der Waals surface area (Å²) in [6, 6.07) is 1.39. The van der Waals surface area contributed by atoms with Crippen molar-refractivity contribution in [2.75, 3.05) is 13.1 Å².